The van der Waals surface area contributed by atoms with Crippen molar-refractivity contribution >= 4 is 17.3 Å². The summed E-state index contributed by atoms with van der Waals surface area (Å²) in [5.41, 5.74) is 0.0911. The molecule has 6 nitrogen and oxygen atoms in total. The van der Waals surface area contributed by atoms with Crippen molar-refractivity contribution in [2.24, 2.45) is 0 Å². The van der Waals surface area contributed by atoms with Gasteiger partial charge in [0.05, 0.1) is 24.5 Å². The van der Waals surface area contributed by atoms with Gasteiger partial charge in [0.1, 0.15) is 5.02 Å². The van der Waals surface area contributed by atoms with Crippen LogP contribution in [-0.4, -0.2) is 32.7 Å². The van der Waals surface area contributed by atoms with Gasteiger partial charge in [0.25, 0.3) is 5.56 Å². The molecule has 1 saturated heterocycles. The topological polar surface area (TPSA) is 56.0 Å². The Labute approximate surface area is 175 Å². The molecule has 0 N–H and O–H groups in total. The SMILES string of the molecule is O=c1c(Cl)c(N2CCCC(n3ccc(C(F)(F)F)n3)C2)cnn1Cc1ccccc1. The third kappa shape index (κ3) is 4.21. The maximum absolute atomic E-state index is 12.9. The summed E-state index contributed by atoms with van der Waals surface area (Å²) in [6.45, 7) is 1.33. The average molecular weight is 438 g/mol. The maximum Gasteiger partial charge on any atom is 0.435 e. The molecule has 0 radical (unpaired) electrons. The van der Waals surface area contributed by atoms with E-state index in [9.17, 15) is 18.0 Å². The summed E-state index contributed by atoms with van der Waals surface area (Å²) >= 11 is 6.37. The lowest BCUT2D eigenvalue weighted by molar-refractivity contribution is -0.141. The molecule has 0 spiro atoms. The Kier molecular flexibility index (Phi) is 5.55. The lowest BCUT2D eigenvalue weighted by Crippen LogP contribution is -2.38. The summed E-state index contributed by atoms with van der Waals surface area (Å²) in [6, 6.07) is 10.2. The van der Waals surface area contributed by atoms with E-state index in [0.29, 0.717) is 31.7 Å². The van der Waals surface area contributed by atoms with Crippen LogP contribution in [-0.2, 0) is 12.7 Å². The number of hydrogen-bond donors (Lipinski definition) is 0. The Balaban J connectivity index is 1.54. The zero-order valence-electron chi connectivity index (χ0n) is 15.9. The third-order valence-electron chi connectivity index (χ3n) is 5.15. The first-order valence-corrected chi connectivity index (χ1v) is 9.87. The predicted molar refractivity (Wildman–Crippen MR) is 107 cm³/mol. The molecule has 1 aliphatic rings. The van der Waals surface area contributed by atoms with E-state index in [1.165, 1.54) is 15.6 Å². The molecule has 4 rings (SSSR count). The van der Waals surface area contributed by atoms with Crippen molar-refractivity contribution in [2.45, 2.75) is 31.6 Å². The Morgan fingerprint density at radius 3 is 2.63 bits per heavy atom. The summed E-state index contributed by atoms with van der Waals surface area (Å²) in [7, 11) is 0. The zero-order chi connectivity index (χ0) is 21.3. The largest absolute Gasteiger partial charge is 0.435 e. The number of nitrogens with zero attached hydrogens (tertiary/aromatic N) is 5. The van der Waals surface area contributed by atoms with Gasteiger partial charge in [0.15, 0.2) is 5.69 Å². The maximum atomic E-state index is 12.9. The van der Waals surface area contributed by atoms with Gasteiger partial charge in [-0.2, -0.15) is 23.4 Å². The molecular formula is C20H19ClF3N5O. The van der Waals surface area contributed by atoms with Crippen LogP contribution < -0.4 is 10.5 Å². The van der Waals surface area contributed by atoms with Gasteiger partial charge in [0, 0.05) is 19.3 Å². The monoisotopic (exact) mass is 437 g/mol. The van der Waals surface area contributed by atoms with Gasteiger partial charge in [-0.05, 0) is 24.5 Å². The number of rotatable bonds is 4. The highest BCUT2D eigenvalue weighted by atomic mass is 35.5. The summed E-state index contributed by atoms with van der Waals surface area (Å²) in [6.07, 6.45) is -0.176. The first-order chi connectivity index (χ1) is 14.3. The van der Waals surface area contributed by atoms with E-state index in [1.807, 2.05) is 35.2 Å². The molecule has 1 aliphatic heterocycles. The van der Waals surface area contributed by atoms with Crippen LogP contribution in [0.4, 0.5) is 18.9 Å². The lowest BCUT2D eigenvalue weighted by Gasteiger charge is -2.34. The molecule has 0 amide bonds. The standard InChI is InChI=1S/C20H19ClF3N5O/c21-18-16(11-25-29(19(18)30)12-14-5-2-1-3-6-14)27-9-4-7-15(13-27)28-10-8-17(26-28)20(22,23)24/h1-3,5-6,8,10-11,15H,4,7,9,12-13H2. The van der Waals surface area contributed by atoms with Gasteiger partial charge in [0.2, 0.25) is 0 Å². The van der Waals surface area contributed by atoms with Gasteiger partial charge in [-0.15, -0.1) is 0 Å². The van der Waals surface area contributed by atoms with Crippen LogP contribution in [0, 0.1) is 0 Å². The van der Waals surface area contributed by atoms with E-state index in [0.717, 1.165) is 18.1 Å². The lowest BCUT2D eigenvalue weighted by atomic mass is 10.1. The van der Waals surface area contributed by atoms with Crippen LogP contribution in [0.3, 0.4) is 0 Å². The number of halogens is 4. The molecule has 1 atom stereocenters. The van der Waals surface area contributed by atoms with E-state index in [2.05, 4.69) is 10.2 Å². The van der Waals surface area contributed by atoms with Crippen LogP contribution in [0.2, 0.25) is 5.02 Å². The molecule has 3 aromatic rings. The molecule has 0 bridgehead atoms. The second kappa shape index (κ2) is 8.14. The Morgan fingerprint density at radius 2 is 1.93 bits per heavy atom. The molecule has 2 aromatic heterocycles. The molecule has 30 heavy (non-hydrogen) atoms. The molecule has 1 unspecified atom stereocenters. The molecule has 3 heterocycles. The molecule has 1 aromatic carbocycles. The van der Waals surface area contributed by atoms with Crippen molar-refractivity contribution in [1.82, 2.24) is 19.6 Å². The van der Waals surface area contributed by atoms with Gasteiger partial charge >= 0.3 is 6.18 Å². The average Bonchev–Trinajstić information content (AvgIpc) is 3.23. The van der Waals surface area contributed by atoms with Crippen LogP contribution in [0.25, 0.3) is 0 Å². The molecule has 0 saturated carbocycles. The molecule has 158 valence electrons. The van der Waals surface area contributed by atoms with E-state index in [4.69, 9.17) is 11.6 Å². The molecule has 10 heteroatoms. The predicted octanol–water partition coefficient (Wildman–Crippen LogP) is 4.00. The number of piperidine rings is 1. The minimum absolute atomic E-state index is 0.0537. The second-order valence-electron chi connectivity index (χ2n) is 7.21. The first-order valence-electron chi connectivity index (χ1n) is 9.50. The van der Waals surface area contributed by atoms with Gasteiger partial charge in [-0.25, -0.2) is 4.68 Å². The highest BCUT2D eigenvalue weighted by Crippen LogP contribution is 2.31. The minimum Gasteiger partial charge on any atom is -0.367 e. The molecule has 1 fully saturated rings. The highest BCUT2D eigenvalue weighted by molar-refractivity contribution is 6.33. The Bertz CT molecular complexity index is 1080. The summed E-state index contributed by atoms with van der Waals surface area (Å²) in [4.78, 5) is 14.6. The van der Waals surface area contributed by atoms with Gasteiger partial charge in [-0.1, -0.05) is 41.9 Å². The van der Waals surface area contributed by atoms with Crippen LogP contribution in [0.15, 0.2) is 53.6 Å². The van der Waals surface area contributed by atoms with Crippen LogP contribution >= 0.6 is 11.6 Å². The second-order valence-corrected chi connectivity index (χ2v) is 7.59. The number of anilines is 1. The summed E-state index contributed by atoms with van der Waals surface area (Å²) < 4.78 is 41.2. The number of alkyl halides is 3. The van der Waals surface area contributed by atoms with Gasteiger partial charge < -0.3 is 4.90 Å². The Hall–Kier alpha value is -2.81. The zero-order valence-corrected chi connectivity index (χ0v) is 16.6. The quantitative estimate of drug-likeness (QED) is 0.619. The van der Waals surface area contributed by atoms with E-state index in [1.54, 1.807) is 6.20 Å². The summed E-state index contributed by atoms with van der Waals surface area (Å²) in [5.74, 6) is 0. The third-order valence-corrected chi connectivity index (χ3v) is 5.51. The summed E-state index contributed by atoms with van der Waals surface area (Å²) in [5, 5.41) is 7.99. The van der Waals surface area contributed by atoms with Crippen LogP contribution in [0.5, 0.6) is 0 Å². The van der Waals surface area contributed by atoms with Crippen molar-refractivity contribution < 1.29 is 13.2 Å². The van der Waals surface area contributed by atoms with E-state index >= 15 is 0 Å². The molecule has 0 aliphatic carbocycles. The first kappa shape index (κ1) is 20.5. The normalized spacial score (nSPS) is 17.3. The smallest absolute Gasteiger partial charge is 0.367 e. The van der Waals surface area contributed by atoms with Crippen molar-refractivity contribution in [1.29, 1.82) is 0 Å². The fourth-order valence-electron chi connectivity index (χ4n) is 3.63. The van der Waals surface area contributed by atoms with Crippen LogP contribution in [0.1, 0.15) is 30.1 Å². The Morgan fingerprint density at radius 1 is 1.17 bits per heavy atom. The van der Waals surface area contributed by atoms with Crippen molar-refractivity contribution in [3.63, 3.8) is 0 Å². The van der Waals surface area contributed by atoms with Crippen molar-refractivity contribution in [3.05, 3.63) is 75.4 Å². The van der Waals surface area contributed by atoms with E-state index < -0.39 is 17.4 Å². The number of hydrogen-bond acceptors (Lipinski definition) is 4. The van der Waals surface area contributed by atoms with Gasteiger partial charge in [-0.3, -0.25) is 9.48 Å². The van der Waals surface area contributed by atoms with Crippen molar-refractivity contribution in [2.75, 3.05) is 18.0 Å². The highest BCUT2D eigenvalue weighted by Gasteiger charge is 2.34. The minimum atomic E-state index is -4.48. The molecular weight excluding hydrogens is 419 g/mol. The number of aromatic nitrogens is 4. The fraction of sp³-hybridized carbons (Fsp3) is 0.350. The number of benzene rings is 1. The fourth-order valence-corrected chi connectivity index (χ4v) is 3.89. The van der Waals surface area contributed by atoms with E-state index in [-0.39, 0.29) is 11.1 Å². The van der Waals surface area contributed by atoms with Crippen molar-refractivity contribution in [3.8, 4) is 0 Å².